The van der Waals surface area contributed by atoms with Crippen molar-refractivity contribution in [1.82, 2.24) is 10.6 Å². The maximum absolute atomic E-state index is 8.67. The van der Waals surface area contributed by atoms with Gasteiger partial charge in [-0.05, 0) is 44.3 Å². The van der Waals surface area contributed by atoms with Gasteiger partial charge in [0.2, 0.25) is 0 Å². The van der Waals surface area contributed by atoms with Crippen LogP contribution in [-0.2, 0) is 0 Å². The number of thiocarbonyl (C=S) groups is 1. The van der Waals surface area contributed by atoms with Gasteiger partial charge in [0.25, 0.3) is 0 Å². The Kier molecular flexibility index (Phi) is 7.21. The standard InChI is InChI=1S/C13H24N2OS/c1-2-3-5-11-6-4-7-12(11)10-15-13(17)14-8-9-16/h16H,2-10H2,1H3,(H2,14,15,17). The predicted octanol–water partition coefficient (Wildman–Crippen LogP) is 2.11. The molecule has 4 heteroatoms. The smallest absolute Gasteiger partial charge is 0.166 e. The molecular weight excluding hydrogens is 232 g/mol. The summed E-state index contributed by atoms with van der Waals surface area (Å²) in [7, 11) is 0. The number of hydrogen-bond acceptors (Lipinski definition) is 2. The molecule has 3 N–H and O–H groups in total. The van der Waals surface area contributed by atoms with Gasteiger partial charge in [0.05, 0.1) is 6.61 Å². The predicted molar refractivity (Wildman–Crippen MR) is 76.1 cm³/mol. The Balaban J connectivity index is 2.30. The molecule has 0 radical (unpaired) electrons. The highest BCUT2D eigenvalue weighted by Crippen LogP contribution is 2.29. The van der Waals surface area contributed by atoms with Crippen molar-refractivity contribution in [2.45, 2.75) is 45.4 Å². The van der Waals surface area contributed by atoms with Crippen LogP contribution in [0.25, 0.3) is 0 Å². The molecule has 0 atom stereocenters. The molecule has 1 rings (SSSR count). The molecule has 0 bridgehead atoms. The van der Waals surface area contributed by atoms with Gasteiger partial charge in [0, 0.05) is 13.1 Å². The second-order valence-electron chi connectivity index (χ2n) is 4.50. The average Bonchev–Trinajstić information content (AvgIpc) is 2.78. The Labute approximate surface area is 110 Å². The maximum Gasteiger partial charge on any atom is 0.166 e. The van der Waals surface area contributed by atoms with Gasteiger partial charge in [-0.25, -0.2) is 0 Å². The summed E-state index contributed by atoms with van der Waals surface area (Å²) in [6.45, 7) is 3.75. The highest BCUT2D eigenvalue weighted by molar-refractivity contribution is 7.80. The summed E-state index contributed by atoms with van der Waals surface area (Å²) in [6.07, 6.45) is 7.60. The number of nitrogens with one attached hydrogen (secondary N) is 2. The van der Waals surface area contributed by atoms with E-state index in [1.807, 2.05) is 0 Å². The monoisotopic (exact) mass is 256 g/mol. The number of aliphatic hydroxyl groups excluding tert-OH is 1. The van der Waals surface area contributed by atoms with Gasteiger partial charge in [-0.3, -0.25) is 0 Å². The minimum atomic E-state index is 0.117. The van der Waals surface area contributed by atoms with Crippen molar-refractivity contribution in [2.24, 2.45) is 0 Å². The fraction of sp³-hybridized carbons (Fsp3) is 0.769. The van der Waals surface area contributed by atoms with Crippen LogP contribution >= 0.6 is 12.2 Å². The summed E-state index contributed by atoms with van der Waals surface area (Å²) in [5.74, 6) is 0. The van der Waals surface area contributed by atoms with Crippen LogP contribution in [0.3, 0.4) is 0 Å². The van der Waals surface area contributed by atoms with Crippen LogP contribution in [0.15, 0.2) is 11.1 Å². The molecule has 0 aliphatic heterocycles. The Morgan fingerprint density at radius 2 is 2.06 bits per heavy atom. The van der Waals surface area contributed by atoms with E-state index in [0.717, 1.165) is 6.54 Å². The van der Waals surface area contributed by atoms with Crippen LogP contribution in [0.5, 0.6) is 0 Å². The third-order valence-electron chi connectivity index (χ3n) is 3.15. The van der Waals surface area contributed by atoms with Crippen LogP contribution in [-0.4, -0.2) is 29.9 Å². The van der Waals surface area contributed by atoms with Gasteiger partial charge in [-0.2, -0.15) is 0 Å². The van der Waals surface area contributed by atoms with E-state index in [2.05, 4.69) is 17.6 Å². The fourth-order valence-corrected chi connectivity index (χ4v) is 2.37. The molecule has 17 heavy (non-hydrogen) atoms. The maximum atomic E-state index is 8.67. The van der Waals surface area contributed by atoms with E-state index in [-0.39, 0.29) is 6.61 Å². The summed E-state index contributed by atoms with van der Waals surface area (Å²) in [4.78, 5) is 0. The van der Waals surface area contributed by atoms with Crippen LogP contribution in [0, 0.1) is 0 Å². The highest BCUT2D eigenvalue weighted by Gasteiger charge is 2.13. The van der Waals surface area contributed by atoms with Crippen molar-refractivity contribution in [3.63, 3.8) is 0 Å². The van der Waals surface area contributed by atoms with E-state index in [1.165, 1.54) is 38.5 Å². The lowest BCUT2D eigenvalue weighted by Gasteiger charge is -2.12. The quantitative estimate of drug-likeness (QED) is 0.482. The zero-order chi connectivity index (χ0) is 12.5. The SMILES string of the molecule is CCCCC1=C(CNC(=S)NCCO)CCC1. The van der Waals surface area contributed by atoms with Gasteiger partial charge in [-0.15, -0.1) is 0 Å². The van der Waals surface area contributed by atoms with E-state index in [1.54, 1.807) is 11.1 Å². The molecule has 0 unspecified atom stereocenters. The molecule has 0 saturated heterocycles. The summed E-state index contributed by atoms with van der Waals surface area (Å²) in [5, 5.41) is 15.5. The van der Waals surface area contributed by atoms with Crippen LogP contribution < -0.4 is 10.6 Å². The summed E-state index contributed by atoms with van der Waals surface area (Å²) in [5.41, 5.74) is 3.19. The zero-order valence-corrected chi connectivity index (χ0v) is 11.5. The largest absolute Gasteiger partial charge is 0.395 e. The first kappa shape index (κ1) is 14.5. The molecule has 0 spiro atoms. The van der Waals surface area contributed by atoms with Gasteiger partial charge < -0.3 is 15.7 Å². The first-order valence-corrected chi connectivity index (χ1v) is 7.01. The van der Waals surface area contributed by atoms with E-state index in [4.69, 9.17) is 17.3 Å². The Hall–Kier alpha value is -0.610. The van der Waals surface area contributed by atoms with E-state index in [0.29, 0.717) is 11.7 Å². The third-order valence-corrected chi connectivity index (χ3v) is 3.44. The van der Waals surface area contributed by atoms with Crippen molar-refractivity contribution in [1.29, 1.82) is 0 Å². The Morgan fingerprint density at radius 1 is 1.29 bits per heavy atom. The van der Waals surface area contributed by atoms with Crippen LogP contribution in [0.2, 0.25) is 0 Å². The Morgan fingerprint density at radius 3 is 2.76 bits per heavy atom. The lowest BCUT2D eigenvalue weighted by molar-refractivity contribution is 0.300. The molecule has 0 saturated carbocycles. The van der Waals surface area contributed by atoms with Crippen molar-refractivity contribution >= 4 is 17.3 Å². The lowest BCUT2D eigenvalue weighted by Crippen LogP contribution is -2.37. The molecule has 3 nitrogen and oxygen atoms in total. The van der Waals surface area contributed by atoms with E-state index < -0.39 is 0 Å². The van der Waals surface area contributed by atoms with E-state index >= 15 is 0 Å². The zero-order valence-electron chi connectivity index (χ0n) is 10.7. The van der Waals surface area contributed by atoms with Crippen molar-refractivity contribution < 1.29 is 5.11 Å². The molecule has 98 valence electrons. The first-order valence-electron chi connectivity index (χ1n) is 6.60. The molecule has 1 aliphatic carbocycles. The first-order chi connectivity index (χ1) is 8.27. The number of allylic oxidation sites excluding steroid dienone is 1. The fourth-order valence-electron chi connectivity index (χ4n) is 2.19. The minimum Gasteiger partial charge on any atom is -0.395 e. The van der Waals surface area contributed by atoms with Gasteiger partial charge >= 0.3 is 0 Å². The third kappa shape index (κ3) is 5.50. The summed E-state index contributed by atoms with van der Waals surface area (Å²) < 4.78 is 0. The molecule has 0 amide bonds. The molecule has 1 aliphatic rings. The molecule has 0 aromatic carbocycles. The minimum absolute atomic E-state index is 0.117. The Bertz CT molecular complexity index is 277. The van der Waals surface area contributed by atoms with Crippen LogP contribution in [0.4, 0.5) is 0 Å². The van der Waals surface area contributed by atoms with Gasteiger partial charge in [-0.1, -0.05) is 24.5 Å². The number of hydrogen-bond donors (Lipinski definition) is 3. The van der Waals surface area contributed by atoms with Crippen molar-refractivity contribution in [2.75, 3.05) is 19.7 Å². The van der Waals surface area contributed by atoms with Gasteiger partial charge in [0.1, 0.15) is 0 Å². The summed E-state index contributed by atoms with van der Waals surface area (Å²) in [6, 6.07) is 0. The van der Waals surface area contributed by atoms with E-state index in [9.17, 15) is 0 Å². The van der Waals surface area contributed by atoms with Crippen molar-refractivity contribution in [3.8, 4) is 0 Å². The van der Waals surface area contributed by atoms with Crippen LogP contribution in [0.1, 0.15) is 45.4 Å². The topological polar surface area (TPSA) is 44.3 Å². The molecule has 0 heterocycles. The normalized spacial score (nSPS) is 15.2. The van der Waals surface area contributed by atoms with Crippen molar-refractivity contribution in [3.05, 3.63) is 11.1 Å². The van der Waals surface area contributed by atoms with Gasteiger partial charge in [0.15, 0.2) is 5.11 Å². The number of aliphatic hydroxyl groups is 1. The average molecular weight is 256 g/mol. The molecule has 0 aromatic rings. The molecule has 0 fully saturated rings. The summed E-state index contributed by atoms with van der Waals surface area (Å²) >= 11 is 5.12. The highest BCUT2D eigenvalue weighted by atomic mass is 32.1. The lowest BCUT2D eigenvalue weighted by atomic mass is 10.1. The molecule has 0 aromatic heterocycles. The molecular formula is C13H24N2OS. The number of rotatable bonds is 7. The second-order valence-corrected chi connectivity index (χ2v) is 4.91. The second kappa shape index (κ2) is 8.48. The number of unbranched alkanes of at least 4 members (excludes halogenated alkanes) is 1.